The lowest BCUT2D eigenvalue weighted by atomic mass is 10.0. The zero-order chi connectivity index (χ0) is 20.1. The fraction of sp³-hybridized carbons (Fsp3) is 0.286. The summed E-state index contributed by atoms with van der Waals surface area (Å²) in [7, 11) is 0. The van der Waals surface area contributed by atoms with Crippen molar-refractivity contribution in [3.05, 3.63) is 71.0 Å². The Kier molecular flexibility index (Phi) is 6.03. The van der Waals surface area contributed by atoms with Gasteiger partial charge in [0.1, 0.15) is 12.4 Å². The van der Waals surface area contributed by atoms with Crippen LogP contribution < -0.4 is 5.32 Å². The molecule has 0 spiro atoms. The Bertz CT molecular complexity index is 882. The number of hydrogen-bond donors (Lipinski definition) is 1. The van der Waals surface area contributed by atoms with Gasteiger partial charge in [0.25, 0.3) is 5.91 Å². The van der Waals surface area contributed by atoms with Gasteiger partial charge in [-0.3, -0.25) is 14.4 Å². The van der Waals surface area contributed by atoms with Gasteiger partial charge in [-0.1, -0.05) is 30.3 Å². The van der Waals surface area contributed by atoms with E-state index in [2.05, 4.69) is 5.32 Å². The molecule has 0 saturated carbocycles. The summed E-state index contributed by atoms with van der Waals surface area (Å²) < 4.78 is 18.1. The van der Waals surface area contributed by atoms with Gasteiger partial charge in [-0.15, -0.1) is 0 Å². The van der Waals surface area contributed by atoms with Crippen LogP contribution >= 0.6 is 0 Å². The summed E-state index contributed by atoms with van der Waals surface area (Å²) in [6.45, 7) is 2.04. The molecule has 146 valence electrons. The van der Waals surface area contributed by atoms with E-state index in [0.717, 1.165) is 5.56 Å². The predicted molar refractivity (Wildman–Crippen MR) is 99.7 cm³/mol. The number of ether oxygens (including phenoxy) is 1. The van der Waals surface area contributed by atoms with Gasteiger partial charge in [-0.2, -0.15) is 0 Å². The van der Waals surface area contributed by atoms with Gasteiger partial charge in [0.05, 0.1) is 19.1 Å². The quantitative estimate of drug-likeness (QED) is 0.745. The Morgan fingerprint density at radius 1 is 1.18 bits per heavy atom. The number of fused-ring (bicyclic) bond motifs is 1. The summed E-state index contributed by atoms with van der Waals surface area (Å²) in [6, 6.07) is 12.4. The van der Waals surface area contributed by atoms with Crippen molar-refractivity contribution in [3.8, 4) is 0 Å². The maximum absolute atomic E-state index is 13.4. The Hall–Kier alpha value is -3.22. The minimum atomic E-state index is -0.581. The lowest BCUT2D eigenvalue weighted by molar-refractivity contribution is -0.143. The van der Waals surface area contributed by atoms with Gasteiger partial charge in [-0.25, -0.2) is 4.39 Å². The first-order valence-corrected chi connectivity index (χ1v) is 9.06. The molecule has 1 N–H and O–H groups in total. The molecule has 0 fully saturated rings. The van der Waals surface area contributed by atoms with E-state index < -0.39 is 23.7 Å². The zero-order valence-electron chi connectivity index (χ0n) is 15.5. The summed E-state index contributed by atoms with van der Waals surface area (Å²) >= 11 is 0. The summed E-state index contributed by atoms with van der Waals surface area (Å²) in [5, 5.41) is 2.51. The first-order valence-electron chi connectivity index (χ1n) is 9.06. The summed E-state index contributed by atoms with van der Waals surface area (Å²) in [5.74, 6) is -1.50. The molecule has 2 aromatic rings. The molecule has 28 heavy (non-hydrogen) atoms. The monoisotopic (exact) mass is 384 g/mol. The second-order valence-corrected chi connectivity index (χ2v) is 6.44. The highest BCUT2D eigenvalue weighted by Crippen LogP contribution is 2.33. The number of hydrogen-bond acceptors (Lipinski definition) is 4. The van der Waals surface area contributed by atoms with E-state index in [1.54, 1.807) is 36.1 Å². The lowest BCUT2D eigenvalue weighted by Gasteiger charge is -2.28. The molecular formula is C21H21FN2O4. The molecular weight excluding hydrogens is 363 g/mol. The van der Waals surface area contributed by atoms with Crippen molar-refractivity contribution >= 4 is 17.8 Å². The third-order valence-corrected chi connectivity index (χ3v) is 4.59. The van der Waals surface area contributed by atoms with Gasteiger partial charge in [0, 0.05) is 12.1 Å². The highest BCUT2D eigenvalue weighted by molar-refractivity contribution is 5.99. The van der Waals surface area contributed by atoms with Crippen LogP contribution in [0.2, 0.25) is 0 Å². The van der Waals surface area contributed by atoms with Crippen LogP contribution in [0.4, 0.5) is 4.39 Å². The Labute approximate surface area is 162 Å². The molecule has 0 saturated heterocycles. The number of carbonyl (C=O) groups is 3. The highest BCUT2D eigenvalue weighted by atomic mass is 19.1. The van der Waals surface area contributed by atoms with Crippen molar-refractivity contribution in [2.45, 2.75) is 25.9 Å². The van der Waals surface area contributed by atoms with Crippen molar-refractivity contribution in [1.82, 2.24) is 10.2 Å². The second-order valence-electron chi connectivity index (χ2n) is 6.44. The highest BCUT2D eigenvalue weighted by Gasteiger charge is 2.34. The van der Waals surface area contributed by atoms with Crippen LogP contribution in [0.25, 0.3) is 0 Å². The van der Waals surface area contributed by atoms with Crippen molar-refractivity contribution in [2.75, 3.05) is 13.2 Å². The summed E-state index contributed by atoms with van der Waals surface area (Å²) in [6.07, 6.45) is -0.0508. The molecule has 0 radical (unpaired) electrons. The lowest BCUT2D eigenvalue weighted by Crippen LogP contribution is -2.36. The summed E-state index contributed by atoms with van der Waals surface area (Å²) in [4.78, 5) is 38.3. The van der Waals surface area contributed by atoms with E-state index in [0.29, 0.717) is 17.7 Å². The van der Waals surface area contributed by atoms with Gasteiger partial charge in [0.15, 0.2) is 0 Å². The normalized spacial score (nSPS) is 13.8. The Morgan fingerprint density at radius 3 is 2.57 bits per heavy atom. The average molecular weight is 384 g/mol. The number of halogens is 1. The van der Waals surface area contributed by atoms with E-state index in [-0.39, 0.29) is 25.5 Å². The standard InChI is InChI=1S/C21H21FN2O4/c1-2-28-20(26)12-23-19(25)11-18(14-7-9-16(22)10-8-14)24-13-15-5-3-4-6-17(15)21(24)27/h3-10,18H,2,11-13H2,1H3,(H,23,25). The minimum Gasteiger partial charge on any atom is -0.465 e. The molecule has 7 heteroatoms. The van der Waals surface area contributed by atoms with Gasteiger partial charge < -0.3 is 15.0 Å². The fourth-order valence-electron chi connectivity index (χ4n) is 3.25. The molecule has 1 heterocycles. The predicted octanol–water partition coefficient (Wildman–Crippen LogP) is 2.59. The van der Waals surface area contributed by atoms with Crippen LogP contribution in [-0.2, 0) is 20.9 Å². The second kappa shape index (κ2) is 8.65. The van der Waals surface area contributed by atoms with Gasteiger partial charge in [0.2, 0.25) is 5.91 Å². The van der Waals surface area contributed by atoms with Crippen LogP contribution in [-0.4, -0.2) is 35.8 Å². The van der Waals surface area contributed by atoms with Crippen LogP contribution in [0.1, 0.15) is 40.9 Å². The Morgan fingerprint density at radius 2 is 1.89 bits per heavy atom. The molecule has 1 unspecified atom stereocenters. The third-order valence-electron chi connectivity index (χ3n) is 4.59. The van der Waals surface area contributed by atoms with E-state index in [1.807, 2.05) is 12.1 Å². The number of nitrogens with one attached hydrogen (secondary N) is 1. The van der Waals surface area contributed by atoms with E-state index in [9.17, 15) is 18.8 Å². The SMILES string of the molecule is CCOC(=O)CNC(=O)CC(c1ccc(F)cc1)N1Cc2ccccc2C1=O. The van der Waals surface area contributed by atoms with Crippen LogP contribution in [0.3, 0.4) is 0 Å². The molecule has 3 rings (SSSR count). The maximum atomic E-state index is 13.4. The van der Waals surface area contributed by atoms with Crippen molar-refractivity contribution in [1.29, 1.82) is 0 Å². The number of carbonyl (C=O) groups excluding carboxylic acids is 3. The van der Waals surface area contributed by atoms with Gasteiger partial charge in [-0.05, 0) is 36.2 Å². The molecule has 1 aliphatic heterocycles. The number of esters is 1. The maximum Gasteiger partial charge on any atom is 0.325 e. The first-order chi connectivity index (χ1) is 13.5. The largest absolute Gasteiger partial charge is 0.465 e. The number of benzene rings is 2. The zero-order valence-corrected chi connectivity index (χ0v) is 15.5. The molecule has 6 nitrogen and oxygen atoms in total. The topological polar surface area (TPSA) is 75.7 Å². The molecule has 2 amide bonds. The number of rotatable bonds is 7. The fourth-order valence-corrected chi connectivity index (χ4v) is 3.25. The third kappa shape index (κ3) is 4.36. The Balaban J connectivity index is 1.79. The van der Waals surface area contributed by atoms with Crippen LogP contribution in [0.5, 0.6) is 0 Å². The van der Waals surface area contributed by atoms with E-state index in [1.165, 1.54) is 12.1 Å². The number of nitrogens with zero attached hydrogens (tertiary/aromatic N) is 1. The van der Waals surface area contributed by atoms with E-state index >= 15 is 0 Å². The van der Waals surface area contributed by atoms with Crippen molar-refractivity contribution < 1.29 is 23.5 Å². The molecule has 0 aromatic heterocycles. The average Bonchev–Trinajstić information content (AvgIpc) is 3.02. The van der Waals surface area contributed by atoms with E-state index in [4.69, 9.17) is 4.74 Å². The van der Waals surface area contributed by atoms with Crippen LogP contribution in [0, 0.1) is 5.82 Å². The van der Waals surface area contributed by atoms with Crippen LogP contribution in [0.15, 0.2) is 48.5 Å². The van der Waals surface area contributed by atoms with Gasteiger partial charge >= 0.3 is 5.97 Å². The first kappa shape index (κ1) is 19.5. The molecule has 2 aromatic carbocycles. The van der Waals surface area contributed by atoms with Crippen molar-refractivity contribution in [2.24, 2.45) is 0 Å². The summed E-state index contributed by atoms with van der Waals surface area (Å²) in [5.41, 5.74) is 2.13. The smallest absolute Gasteiger partial charge is 0.325 e. The number of amides is 2. The molecule has 0 aliphatic carbocycles. The molecule has 1 aliphatic rings. The van der Waals surface area contributed by atoms with Crippen molar-refractivity contribution in [3.63, 3.8) is 0 Å². The molecule has 1 atom stereocenters. The molecule has 0 bridgehead atoms. The minimum absolute atomic E-state index is 0.0508.